The van der Waals surface area contributed by atoms with Crippen molar-refractivity contribution in [3.8, 4) is 11.5 Å². The summed E-state index contributed by atoms with van der Waals surface area (Å²) in [7, 11) is -1.91. The van der Waals surface area contributed by atoms with Crippen molar-refractivity contribution in [1.82, 2.24) is 4.90 Å². The van der Waals surface area contributed by atoms with Crippen LogP contribution in [0.2, 0.25) is 0 Å². The monoisotopic (exact) mass is 475 g/mol. The van der Waals surface area contributed by atoms with Gasteiger partial charge in [0.05, 0.1) is 12.7 Å². The molecule has 2 aromatic carbocycles. The number of ether oxygens (including phenoxy) is 2. The fourth-order valence-electron chi connectivity index (χ4n) is 2.84. The second kappa shape index (κ2) is 10.2. The molecule has 0 aliphatic carbocycles. The third-order valence-electron chi connectivity index (χ3n) is 4.44. The Hall–Kier alpha value is -2.79. The van der Waals surface area contributed by atoms with E-state index < -0.39 is 26.8 Å². The summed E-state index contributed by atoms with van der Waals surface area (Å²) in [6, 6.07) is 7.51. The second-order valence-corrected chi connectivity index (χ2v) is 8.64. The minimum absolute atomic E-state index is 0.0589. The van der Waals surface area contributed by atoms with Gasteiger partial charge in [-0.2, -0.15) is 21.6 Å². The zero-order valence-electron chi connectivity index (χ0n) is 18.0. The summed E-state index contributed by atoms with van der Waals surface area (Å²) in [6.07, 6.45) is -4.71. The van der Waals surface area contributed by atoms with E-state index in [1.54, 1.807) is 6.07 Å². The minimum atomic E-state index is -4.71. The molecule has 2 rings (SSSR count). The minimum Gasteiger partial charge on any atom is -0.493 e. The fraction of sp³-hybridized carbons (Fsp3) is 0.381. The van der Waals surface area contributed by atoms with E-state index in [9.17, 15) is 26.4 Å². The van der Waals surface area contributed by atoms with Gasteiger partial charge in [-0.15, -0.1) is 0 Å². The van der Waals surface area contributed by atoms with Crippen LogP contribution in [-0.4, -0.2) is 46.1 Å². The van der Waals surface area contributed by atoms with E-state index in [1.807, 2.05) is 13.8 Å². The molecule has 0 saturated heterocycles. The smallest absolute Gasteiger partial charge is 0.416 e. The first-order valence-corrected chi connectivity index (χ1v) is 10.9. The van der Waals surface area contributed by atoms with Crippen molar-refractivity contribution in [1.29, 1.82) is 0 Å². The van der Waals surface area contributed by atoms with Crippen LogP contribution in [0.3, 0.4) is 0 Å². The number of methoxy groups -OCH3 is 2. The van der Waals surface area contributed by atoms with Gasteiger partial charge in [0.1, 0.15) is 11.5 Å². The van der Waals surface area contributed by atoms with E-state index in [4.69, 9.17) is 13.7 Å². The van der Waals surface area contributed by atoms with Crippen molar-refractivity contribution in [2.24, 2.45) is 0 Å². The van der Waals surface area contributed by atoms with Gasteiger partial charge in [0.15, 0.2) is 11.5 Å². The van der Waals surface area contributed by atoms with Gasteiger partial charge in [-0.05, 0) is 49.7 Å². The number of carbonyl (C=O) groups is 1. The zero-order chi connectivity index (χ0) is 24.1. The zero-order valence-corrected chi connectivity index (χ0v) is 18.8. The lowest BCUT2D eigenvalue weighted by Gasteiger charge is -2.27. The van der Waals surface area contributed by atoms with E-state index in [-0.39, 0.29) is 36.6 Å². The third kappa shape index (κ3) is 6.36. The Bertz CT molecular complexity index is 1050. The van der Waals surface area contributed by atoms with Gasteiger partial charge in [-0.25, -0.2) is 0 Å². The molecule has 0 aliphatic rings. The highest BCUT2D eigenvalue weighted by molar-refractivity contribution is 7.87. The number of hydrogen-bond acceptors (Lipinski definition) is 6. The van der Waals surface area contributed by atoms with Crippen LogP contribution in [0.1, 0.15) is 25.0 Å². The van der Waals surface area contributed by atoms with Crippen LogP contribution in [0.25, 0.3) is 0 Å². The largest absolute Gasteiger partial charge is 0.493 e. The van der Waals surface area contributed by atoms with Gasteiger partial charge in [-0.3, -0.25) is 4.79 Å². The fourth-order valence-corrected chi connectivity index (χ4v) is 3.82. The lowest BCUT2D eigenvalue weighted by molar-refractivity contribution is -0.138. The second-order valence-electron chi connectivity index (χ2n) is 7.10. The molecule has 0 radical (unpaired) electrons. The quantitative estimate of drug-likeness (QED) is 0.513. The highest BCUT2D eigenvalue weighted by Crippen LogP contribution is 2.34. The van der Waals surface area contributed by atoms with Gasteiger partial charge >= 0.3 is 16.3 Å². The molecule has 0 unspecified atom stereocenters. The summed E-state index contributed by atoms with van der Waals surface area (Å²) in [4.78, 5) is 13.2. The van der Waals surface area contributed by atoms with E-state index in [2.05, 4.69) is 0 Å². The molecule has 0 atom stereocenters. The Morgan fingerprint density at radius 1 is 1.06 bits per heavy atom. The average molecular weight is 475 g/mol. The Morgan fingerprint density at radius 3 is 2.31 bits per heavy atom. The molecule has 0 heterocycles. The Labute approximate surface area is 184 Å². The summed E-state index contributed by atoms with van der Waals surface area (Å²) in [5.41, 5.74) is -0.592. The number of benzene rings is 2. The van der Waals surface area contributed by atoms with Crippen LogP contribution in [0, 0.1) is 0 Å². The molecular weight excluding hydrogens is 451 g/mol. The van der Waals surface area contributed by atoms with E-state index in [1.165, 1.54) is 31.3 Å². The first-order valence-electron chi connectivity index (χ1n) is 9.46. The van der Waals surface area contributed by atoms with Crippen LogP contribution >= 0.6 is 0 Å². The molecule has 0 aromatic heterocycles. The Kier molecular flexibility index (Phi) is 8.13. The molecule has 0 fully saturated rings. The molecule has 32 heavy (non-hydrogen) atoms. The molecule has 7 nitrogen and oxygen atoms in total. The Morgan fingerprint density at radius 2 is 1.75 bits per heavy atom. The number of amides is 1. The molecular formula is C21H24F3NO6S. The standard InChI is InChI=1S/C21H24F3NO6S/c1-14(2)25(20(26)13-29-3)12-15-8-9-18(30-4)19(10-15)31-32(27,28)17-7-5-6-16(11-17)21(22,23)24/h5-11,14H,12-13H2,1-4H3. The molecule has 1 amide bonds. The molecule has 0 saturated carbocycles. The molecule has 0 spiro atoms. The van der Waals surface area contributed by atoms with Crippen molar-refractivity contribution >= 4 is 16.0 Å². The predicted molar refractivity (Wildman–Crippen MR) is 110 cm³/mol. The number of carbonyl (C=O) groups excluding carboxylic acids is 1. The molecule has 0 aliphatic heterocycles. The summed E-state index contributed by atoms with van der Waals surface area (Å²) in [6.45, 7) is 3.63. The van der Waals surface area contributed by atoms with Gasteiger partial charge < -0.3 is 18.6 Å². The summed E-state index contributed by atoms with van der Waals surface area (Å²) >= 11 is 0. The lowest BCUT2D eigenvalue weighted by atomic mass is 10.1. The maximum Gasteiger partial charge on any atom is 0.416 e. The molecule has 2 aromatic rings. The SMILES string of the molecule is COCC(=O)N(Cc1ccc(OC)c(OS(=O)(=O)c2cccc(C(F)(F)F)c2)c1)C(C)C. The van der Waals surface area contributed by atoms with Crippen LogP contribution in [-0.2, 0) is 32.4 Å². The van der Waals surface area contributed by atoms with Crippen LogP contribution in [0.4, 0.5) is 13.2 Å². The first kappa shape index (κ1) is 25.5. The van der Waals surface area contributed by atoms with Gasteiger partial charge in [-0.1, -0.05) is 12.1 Å². The molecule has 0 bridgehead atoms. The third-order valence-corrected chi connectivity index (χ3v) is 5.67. The molecule has 0 N–H and O–H groups in total. The van der Waals surface area contributed by atoms with Gasteiger partial charge in [0.25, 0.3) is 0 Å². The van der Waals surface area contributed by atoms with Crippen LogP contribution in [0.15, 0.2) is 47.4 Å². The van der Waals surface area contributed by atoms with Crippen LogP contribution in [0.5, 0.6) is 11.5 Å². The first-order chi connectivity index (χ1) is 14.9. The van der Waals surface area contributed by atoms with Crippen LogP contribution < -0.4 is 8.92 Å². The predicted octanol–water partition coefficient (Wildman–Crippen LogP) is 3.87. The summed E-state index contributed by atoms with van der Waals surface area (Å²) in [5.74, 6) is -0.425. The highest BCUT2D eigenvalue weighted by atomic mass is 32.2. The van der Waals surface area contributed by atoms with Gasteiger partial charge in [0, 0.05) is 19.7 Å². The maximum absolute atomic E-state index is 13.0. The molecule has 176 valence electrons. The number of halogens is 3. The normalized spacial score (nSPS) is 12.0. The van der Waals surface area contributed by atoms with Gasteiger partial charge in [0.2, 0.25) is 5.91 Å². The number of alkyl halides is 3. The van der Waals surface area contributed by atoms with Crippen molar-refractivity contribution < 1.29 is 40.0 Å². The summed E-state index contributed by atoms with van der Waals surface area (Å²) in [5, 5.41) is 0. The number of nitrogens with zero attached hydrogens (tertiary/aromatic N) is 1. The Balaban J connectivity index is 2.38. The average Bonchev–Trinajstić information content (AvgIpc) is 2.71. The maximum atomic E-state index is 13.0. The van der Waals surface area contributed by atoms with Crippen molar-refractivity contribution in [3.63, 3.8) is 0 Å². The van der Waals surface area contributed by atoms with Crippen molar-refractivity contribution in [2.75, 3.05) is 20.8 Å². The van der Waals surface area contributed by atoms with Crippen molar-refractivity contribution in [2.45, 2.75) is 37.5 Å². The number of rotatable bonds is 9. The van der Waals surface area contributed by atoms with E-state index in [0.717, 1.165) is 18.2 Å². The van der Waals surface area contributed by atoms with E-state index >= 15 is 0 Å². The highest BCUT2D eigenvalue weighted by Gasteiger charge is 2.32. The van der Waals surface area contributed by atoms with E-state index in [0.29, 0.717) is 11.6 Å². The lowest BCUT2D eigenvalue weighted by Crippen LogP contribution is -2.38. The topological polar surface area (TPSA) is 82.1 Å². The number of hydrogen-bond donors (Lipinski definition) is 0. The molecule has 11 heteroatoms. The van der Waals surface area contributed by atoms with Crippen molar-refractivity contribution in [3.05, 3.63) is 53.6 Å². The summed E-state index contributed by atoms with van der Waals surface area (Å²) < 4.78 is 79.3.